The predicted molar refractivity (Wildman–Crippen MR) is 134 cm³/mol. The molecule has 172 valence electrons. The Bertz CT molecular complexity index is 1060. The van der Waals surface area contributed by atoms with Crippen molar-refractivity contribution >= 4 is 40.3 Å². The Kier molecular flexibility index (Phi) is 6.80. The molecule has 1 atom stereocenters. The van der Waals surface area contributed by atoms with Crippen LogP contribution in [0, 0.1) is 6.92 Å². The van der Waals surface area contributed by atoms with E-state index in [1.165, 1.54) is 17.4 Å². The third-order valence-electron chi connectivity index (χ3n) is 6.20. The second-order valence-corrected chi connectivity index (χ2v) is 9.54. The highest BCUT2D eigenvalue weighted by molar-refractivity contribution is 8.18. The van der Waals surface area contributed by atoms with Gasteiger partial charge in [0.15, 0.2) is 5.17 Å². The van der Waals surface area contributed by atoms with Crippen molar-refractivity contribution in [2.75, 3.05) is 44.4 Å². The summed E-state index contributed by atoms with van der Waals surface area (Å²) >= 11 is 1.45. The minimum absolute atomic E-state index is 0.00170. The zero-order valence-electron chi connectivity index (χ0n) is 18.9. The number of amides is 1. The highest BCUT2D eigenvalue weighted by Gasteiger charge is 2.36. The average Bonchev–Trinajstić information content (AvgIpc) is 3.46. The lowest BCUT2D eigenvalue weighted by molar-refractivity contribution is -0.123. The van der Waals surface area contributed by atoms with Crippen molar-refractivity contribution in [3.63, 3.8) is 0 Å². The quantitative estimate of drug-likeness (QED) is 0.606. The van der Waals surface area contributed by atoms with E-state index in [4.69, 9.17) is 14.5 Å². The van der Waals surface area contributed by atoms with E-state index in [-0.39, 0.29) is 12.0 Å². The maximum absolute atomic E-state index is 13.4. The summed E-state index contributed by atoms with van der Waals surface area (Å²) in [5.74, 6) is 0.00170. The molecule has 3 saturated heterocycles. The lowest BCUT2D eigenvalue weighted by atomic mass is 10.1. The van der Waals surface area contributed by atoms with Gasteiger partial charge < -0.3 is 14.4 Å². The number of benzene rings is 2. The third kappa shape index (κ3) is 5.16. The number of rotatable bonds is 5. The van der Waals surface area contributed by atoms with Gasteiger partial charge in [0.05, 0.1) is 36.5 Å². The molecule has 0 radical (unpaired) electrons. The number of hydrogen-bond acceptors (Lipinski definition) is 6. The van der Waals surface area contributed by atoms with Crippen molar-refractivity contribution in [2.45, 2.75) is 25.9 Å². The van der Waals surface area contributed by atoms with Gasteiger partial charge in [-0.15, -0.1) is 0 Å². The highest BCUT2D eigenvalue weighted by Crippen LogP contribution is 2.36. The molecule has 0 aromatic heterocycles. The van der Waals surface area contributed by atoms with Crippen LogP contribution >= 0.6 is 11.8 Å². The molecule has 33 heavy (non-hydrogen) atoms. The van der Waals surface area contributed by atoms with Gasteiger partial charge in [-0.3, -0.25) is 9.69 Å². The first-order valence-corrected chi connectivity index (χ1v) is 12.4. The molecule has 3 aliphatic rings. The van der Waals surface area contributed by atoms with Crippen LogP contribution < -0.4 is 4.90 Å². The third-order valence-corrected chi connectivity index (χ3v) is 7.20. The van der Waals surface area contributed by atoms with Crippen LogP contribution in [-0.2, 0) is 14.3 Å². The van der Waals surface area contributed by atoms with Crippen LogP contribution in [0.2, 0.25) is 0 Å². The fraction of sp³-hybridized carbons (Fsp3) is 0.385. The molecule has 6 nitrogen and oxygen atoms in total. The van der Waals surface area contributed by atoms with E-state index in [2.05, 4.69) is 30.0 Å². The van der Waals surface area contributed by atoms with Gasteiger partial charge in [0.25, 0.3) is 5.91 Å². The molecule has 0 saturated carbocycles. The number of morpholine rings is 1. The number of carbonyl (C=O) groups excluding carboxylic acids is 1. The van der Waals surface area contributed by atoms with Gasteiger partial charge in [0, 0.05) is 25.4 Å². The molecular formula is C26H29N3O3S. The number of anilines is 1. The van der Waals surface area contributed by atoms with Crippen LogP contribution in [0.25, 0.3) is 6.08 Å². The van der Waals surface area contributed by atoms with Crippen LogP contribution in [0.1, 0.15) is 24.0 Å². The SMILES string of the molecule is Cc1cc(N2CCOCC2)ccc1/C=C1/SC(=Nc2ccccc2)N(CC2CCCO2)C1=O. The molecule has 0 aliphatic carbocycles. The predicted octanol–water partition coefficient (Wildman–Crippen LogP) is 4.61. The molecule has 0 spiro atoms. The van der Waals surface area contributed by atoms with Gasteiger partial charge in [-0.05, 0) is 73.0 Å². The zero-order valence-corrected chi connectivity index (χ0v) is 19.7. The maximum atomic E-state index is 13.4. The maximum Gasteiger partial charge on any atom is 0.266 e. The van der Waals surface area contributed by atoms with Crippen molar-refractivity contribution < 1.29 is 14.3 Å². The number of aliphatic imine (C=N–C) groups is 1. The van der Waals surface area contributed by atoms with E-state index in [0.717, 1.165) is 67.7 Å². The zero-order chi connectivity index (χ0) is 22.6. The smallest absolute Gasteiger partial charge is 0.266 e. The summed E-state index contributed by atoms with van der Waals surface area (Å²) in [5, 5.41) is 0.718. The first-order chi connectivity index (χ1) is 16.2. The summed E-state index contributed by atoms with van der Waals surface area (Å²) in [6.45, 7) is 6.76. The van der Waals surface area contributed by atoms with E-state index >= 15 is 0 Å². The van der Waals surface area contributed by atoms with Gasteiger partial charge in [-0.25, -0.2) is 4.99 Å². The first kappa shape index (κ1) is 22.2. The van der Waals surface area contributed by atoms with Crippen LogP contribution in [0.5, 0.6) is 0 Å². The Morgan fingerprint density at radius 3 is 2.67 bits per heavy atom. The van der Waals surface area contributed by atoms with Gasteiger partial charge in [-0.2, -0.15) is 0 Å². The summed E-state index contributed by atoms with van der Waals surface area (Å²) in [6, 6.07) is 16.2. The normalized spacial score (nSPS) is 23.8. The molecule has 2 aromatic carbocycles. The summed E-state index contributed by atoms with van der Waals surface area (Å²) in [6.07, 6.45) is 4.10. The van der Waals surface area contributed by atoms with E-state index in [9.17, 15) is 4.79 Å². The van der Waals surface area contributed by atoms with Crippen LogP contribution in [0.3, 0.4) is 0 Å². The summed E-state index contributed by atoms with van der Waals surface area (Å²) < 4.78 is 11.3. The number of hydrogen-bond donors (Lipinski definition) is 0. The number of amidine groups is 1. The molecule has 7 heteroatoms. The second-order valence-electron chi connectivity index (χ2n) is 8.53. The Labute approximate surface area is 199 Å². The van der Waals surface area contributed by atoms with E-state index < -0.39 is 0 Å². The standard InChI is InChI=1S/C26H29N3O3S/c1-19-16-22(28-11-14-31-15-12-28)10-9-20(19)17-24-25(30)29(18-23-8-5-13-32-23)26(33-24)27-21-6-3-2-4-7-21/h2-4,6-7,9-10,16-17,23H,5,8,11-15,18H2,1H3/b24-17+,27-26?. The molecule has 0 N–H and O–H groups in total. The molecule has 3 heterocycles. The van der Waals surface area contributed by atoms with E-state index in [1.807, 2.05) is 36.4 Å². The van der Waals surface area contributed by atoms with Crippen molar-refractivity contribution in [1.82, 2.24) is 4.90 Å². The number of nitrogens with zero attached hydrogens (tertiary/aromatic N) is 3. The number of para-hydroxylation sites is 1. The van der Waals surface area contributed by atoms with Crippen molar-refractivity contribution in [2.24, 2.45) is 4.99 Å². The first-order valence-electron chi connectivity index (χ1n) is 11.6. The Hall–Kier alpha value is -2.61. The minimum Gasteiger partial charge on any atom is -0.378 e. The van der Waals surface area contributed by atoms with E-state index in [1.54, 1.807) is 4.90 Å². The van der Waals surface area contributed by atoms with Crippen LogP contribution in [0.4, 0.5) is 11.4 Å². The summed E-state index contributed by atoms with van der Waals surface area (Å²) in [7, 11) is 0. The molecule has 3 fully saturated rings. The van der Waals surface area contributed by atoms with Gasteiger partial charge >= 0.3 is 0 Å². The monoisotopic (exact) mass is 463 g/mol. The molecule has 3 aliphatic heterocycles. The molecule has 5 rings (SSSR count). The molecule has 0 bridgehead atoms. The van der Waals surface area contributed by atoms with Gasteiger partial charge in [-0.1, -0.05) is 24.3 Å². The number of carbonyl (C=O) groups is 1. The summed E-state index contributed by atoms with van der Waals surface area (Å²) in [5.41, 5.74) is 4.26. The Morgan fingerprint density at radius 2 is 1.94 bits per heavy atom. The minimum atomic E-state index is 0.00170. The average molecular weight is 464 g/mol. The topological polar surface area (TPSA) is 54.4 Å². The number of thioether (sulfide) groups is 1. The lowest BCUT2D eigenvalue weighted by Crippen LogP contribution is -2.36. The summed E-state index contributed by atoms with van der Waals surface area (Å²) in [4.78, 5) is 23.0. The van der Waals surface area contributed by atoms with Gasteiger partial charge in [0.2, 0.25) is 0 Å². The number of ether oxygens (including phenoxy) is 2. The molecular weight excluding hydrogens is 434 g/mol. The fourth-order valence-corrected chi connectivity index (χ4v) is 5.34. The highest BCUT2D eigenvalue weighted by atomic mass is 32.2. The lowest BCUT2D eigenvalue weighted by Gasteiger charge is -2.29. The Balaban J connectivity index is 1.41. The number of aryl methyl sites for hydroxylation is 1. The fourth-order valence-electron chi connectivity index (χ4n) is 4.34. The van der Waals surface area contributed by atoms with Crippen molar-refractivity contribution in [1.29, 1.82) is 0 Å². The van der Waals surface area contributed by atoms with Crippen LogP contribution in [0.15, 0.2) is 58.4 Å². The Morgan fingerprint density at radius 1 is 1.12 bits per heavy atom. The van der Waals surface area contributed by atoms with Gasteiger partial charge in [0.1, 0.15) is 0 Å². The molecule has 1 amide bonds. The van der Waals surface area contributed by atoms with Crippen molar-refractivity contribution in [3.8, 4) is 0 Å². The van der Waals surface area contributed by atoms with Crippen LogP contribution in [-0.4, -0.2) is 61.5 Å². The molecule has 1 unspecified atom stereocenters. The molecule has 2 aromatic rings. The largest absolute Gasteiger partial charge is 0.378 e. The second kappa shape index (κ2) is 10.1. The van der Waals surface area contributed by atoms with E-state index in [0.29, 0.717) is 11.4 Å². The van der Waals surface area contributed by atoms with Crippen molar-refractivity contribution in [3.05, 3.63) is 64.6 Å².